The molecule has 0 bridgehead atoms. The molecule has 1 aliphatic rings. The summed E-state index contributed by atoms with van der Waals surface area (Å²) in [6.07, 6.45) is 4.01. The Kier molecular flexibility index (Phi) is 5.01. The molecule has 1 unspecified atom stereocenters. The molecular formula is C14H25N3S. The van der Waals surface area contributed by atoms with Crippen molar-refractivity contribution < 1.29 is 0 Å². The van der Waals surface area contributed by atoms with Crippen LogP contribution in [0.15, 0.2) is 0 Å². The fourth-order valence-corrected chi connectivity index (χ4v) is 3.59. The molecule has 3 nitrogen and oxygen atoms in total. The first-order valence-electron chi connectivity index (χ1n) is 7.16. The van der Waals surface area contributed by atoms with Gasteiger partial charge in [0.2, 0.25) is 0 Å². The lowest BCUT2D eigenvalue weighted by Gasteiger charge is -2.31. The number of aromatic nitrogens is 1. The summed E-state index contributed by atoms with van der Waals surface area (Å²) in [6.45, 7) is 11.0. The molecule has 1 aromatic rings. The van der Waals surface area contributed by atoms with Crippen LogP contribution in [0.4, 0.5) is 5.13 Å². The summed E-state index contributed by atoms with van der Waals surface area (Å²) in [6, 6.07) is 0. The van der Waals surface area contributed by atoms with Crippen LogP contribution in [0.5, 0.6) is 0 Å². The van der Waals surface area contributed by atoms with Gasteiger partial charge in [-0.15, -0.1) is 11.3 Å². The Morgan fingerprint density at radius 2 is 2.28 bits per heavy atom. The number of anilines is 1. The van der Waals surface area contributed by atoms with Crippen LogP contribution in [-0.4, -0.2) is 24.6 Å². The van der Waals surface area contributed by atoms with Crippen LogP contribution in [0.1, 0.15) is 43.7 Å². The van der Waals surface area contributed by atoms with E-state index in [0.717, 1.165) is 19.0 Å². The molecule has 1 aliphatic heterocycles. The summed E-state index contributed by atoms with van der Waals surface area (Å²) in [5.74, 6) is 0.861. The summed E-state index contributed by atoms with van der Waals surface area (Å²) in [5.41, 5.74) is 1.20. The molecule has 0 amide bonds. The molecule has 0 aromatic carbocycles. The fraction of sp³-hybridized carbons (Fsp3) is 0.786. The van der Waals surface area contributed by atoms with E-state index in [9.17, 15) is 0 Å². The highest BCUT2D eigenvalue weighted by atomic mass is 32.1. The Hall–Kier alpha value is -0.610. The van der Waals surface area contributed by atoms with E-state index in [1.807, 2.05) is 11.3 Å². The Labute approximate surface area is 115 Å². The lowest BCUT2D eigenvalue weighted by molar-refractivity contribution is 0.404. The smallest absolute Gasteiger partial charge is 0.185 e. The summed E-state index contributed by atoms with van der Waals surface area (Å²) in [5, 5.41) is 4.63. The molecular weight excluding hydrogens is 242 g/mol. The number of rotatable bonds is 5. The minimum atomic E-state index is 0.861. The van der Waals surface area contributed by atoms with Gasteiger partial charge in [-0.05, 0) is 32.2 Å². The second kappa shape index (κ2) is 6.53. The van der Waals surface area contributed by atoms with E-state index in [1.165, 1.54) is 48.1 Å². The molecule has 102 valence electrons. The molecule has 2 rings (SSSR count). The highest BCUT2D eigenvalue weighted by molar-refractivity contribution is 7.15. The predicted molar refractivity (Wildman–Crippen MR) is 79.5 cm³/mol. The number of nitrogens with zero attached hydrogens (tertiary/aromatic N) is 2. The second-order valence-corrected chi connectivity index (χ2v) is 6.21. The fourth-order valence-electron chi connectivity index (χ4n) is 2.52. The minimum Gasteiger partial charge on any atom is -0.348 e. The van der Waals surface area contributed by atoms with Crippen molar-refractivity contribution in [1.29, 1.82) is 0 Å². The molecule has 1 fully saturated rings. The van der Waals surface area contributed by atoms with Gasteiger partial charge in [-0.25, -0.2) is 4.98 Å². The van der Waals surface area contributed by atoms with Crippen molar-refractivity contribution in [3.05, 3.63) is 10.6 Å². The standard InChI is InChI=1S/C14H25N3S/c1-4-12-7-6-8-17(10-12)14-16-11(3)13(18-14)9-15-5-2/h12,15H,4-10H2,1-3H3. The van der Waals surface area contributed by atoms with Gasteiger partial charge in [0, 0.05) is 24.5 Å². The van der Waals surface area contributed by atoms with Crippen molar-refractivity contribution in [3.8, 4) is 0 Å². The van der Waals surface area contributed by atoms with Gasteiger partial charge in [0.1, 0.15) is 0 Å². The van der Waals surface area contributed by atoms with Crippen molar-refractivity contribution in [3.63, 3.8) is 0 Å². The molecule has 2 heterocycles. The summed E-state index contributed by atoms with van der Waals surface area (Å²) in [7, 11) is 0. The molecule has 0 aliphatic carbocycles. The molecule has 1 saturated heterocycles. The summed E-state index contributed by atoms with van der Waals surface area (Å²) >= 11 is 1.87. The Morgan fingerprint density at radius 1 is 1.44 bits per heavy atom. The quantitative estimate of drug-likeness (QED) is 0.888. The number of thiazole rings is 1. The predicted octanol–water partition coefficient (Wildman–Crippen LogP) is 3.19. The average molecular weight is 267 g/mol. The van der Waals surface area contributed by atoms with Crippen LogP contribution in [0.3, 0.4) is 0 Å². The van der Waals surface area contributed by atoms with Gasteiger partial charge in [-0.1, -0.05) is 20.3 Å². The monoisotopic (exact) mass is 267 g/mol. The van der Waals surface area contributed by atoms with Crippen LogP contribution >= 0.6 is 11.3 Å². The van der Waals surface area contributed by atoms with Gasteiger partial charge in [0.15, 0.2) is 5.13 Å². The second-order valence-electron chi connectivity index (χ2n) is 5.15. The third-order valence-corrected chi connectivity index (χ3v) is 5.00. The first kappa shape index (κ1) is 13.8. The number of hydrogen-bond acceptors (Lipinski definition) is 4. The van der Waals surface area contributed by atoms with Crippen LogP contribution in [0, 0.1) is 12.8 Å². The molecule has 0 spiro atoms. The zero-order valence-corrected chi connectivity index (χ0v) is 12.6. The molecule has 1 N–H and O–H groups in total. The van der Waals surface area contributed by atoms with Gasteiger partial charge in [-0.3, -0.25) is 0 Å². The van der Waals surface area contributed by atoms with E-state index in [0.29, 0.717) is 0 Å². The van der Waals surface area contributed by atoms with Crippen LogP contribution in [0.2, 0.25) is 0 Å². The van der Waals surface area contributed by atoms with Crippen molar-refractivity contribution in [2.75, 3.05) is 24.5 Å². The Morgan fingerprint density at radius 3 is 3.00 bits per heavy atom. The van der Waals surface area contributed by atoms with Crippen molar-refractivity contribution >= 4 is 16.5 Å². The SMILES string of the molecule is CCNCc1sc(N2CCCC(CC)C2)nc1C. The summed E-state index contributed by atoms with van der Waals surface area (Å²) in [4.78, 5) is 8.65. The van der Waals surface area contributed by atoms with Gasteiger partial charge >= 0.3 is 0 Å². The number of aryl methyl sites for hydroxylation is 1. The maximum absolute atomic E-state index is 4.76. The maximum Gasteiger partial charge on any atom is 0.185 e. The molecule has 1 atom stereocenters. The third kappa shape index (κ3) is 3.23. The van der Waals surface area contributed by atoms with E-state index in [4.69, 9.17) is 4.98 Å². The first-order valence-corrected chi connectivity index (χ1v) is 7.98. The Balaban J connectivity index is 2.03. The van der Waals surface area contributed by atoms with Gasteiger partial charge in [0.25, 0.3) is 0 Å². The minimum absolute atomic E-state index is 0.861. The summed E-state index contributed by atoms with van der Waals surface area (Å²) < 4.78 is 0. The normalized spacial score (nSPS) is 20.4. The van der Waals surface area contributed by atoms with Gasteiger partial charge < -0.3 is 10.2 Å². The maximum atomic E-state index is 4.76. The van der Waals surface area contributed by atoms with Crippen LogP contribution in [0.25, 0.3) is 0 Å². The lowest BCUT2D eigenvalue weighted by atomic mass is 9.96. The van der Waals surface area contributed by atoms with Crippen LogP contribution < -0.4 is 10.2 Å². The zero-order chi connectivity index (χ0) is 13.0. The van der Waals surface area contributed by atoms with Crippen molar-refractivity contribution in [1.82, 2.24) is 10.3 Å². The molecule has 18 heavy (non-hydrogen) atoms. The highest BCUT2D eigenvalue weighted by Crippen LogP contribution is 2.30. The van der Waals surface area contributed by atoms with E-state index in [1.54, 1.807) is 0 Å². The van der Waals surface area contributed by atoms with Gasteiger partial charge in [-0.2, -0.15) is 0 Å². The third-order valence-electron chi connectivity index (χ3n) is 3.78. The van der Waals surface area contributed by atoms with Crippen molar-refractivity contribution in [2.24, 2.45) is 5.92 Å². The van der Waals surface area contributed by atoms with Crippen LogP contribution in [-0.2, 0) is 6.54 Å². The van der Waals surface area contributed by atoms with E-state index in [2.05, 4.69) is 31.0 Å². The zero-order valence-electron chi connectivity index (χ0n) is 11.8. The Bertz CT molecular complexity index is 375. The van der Waals surface area contributed by atoms with E-state index < -0.39 is 0 Å². The van der Waals surface area contributed by atoms with Crippen molar-refractivity contribution in [2.45, 2.75) is 46.6 Å². The molecule has 1 aromatic heterocycles. The van der Waals surface area contributed by atoms with E-state index in [-0.39, 0.29) is 0 Å². The lowest BCUT2D eigenvalue weighted by Crippen LogP contribution is -2.35. The number of hydrogen-bond donors (Lipinski definition) is 1. The van der Waals surface area contributed by atoms with E-state index >= 15 is 0 Å². The number of piperidine rings is 1. The molecule has 0 saturated carbocycles. The molecule has 0 radical (unpaired) electrons. The number of nitrogens with one attached hydrogen (secondary N) is 1. The highest BCUT2D eigenvalue weighted by Gasteiger charge is 2.21. The topological polar surface area (TPSA) is 28.2 Å². The molecule has 4 heteroatoms. The average Bonchev–Trinajstić information content (AvgIpc) is 2.78. The first-order chi connectivity index (χ1) is 8.74. The van der Waals surface area contributed by atoms with Gasteiger partial charge in [0.05, 0.1) is 5.69 Å². The largest absolute Gasteiger partial charge is 0.348 e.